The van der Waals surface area contributed by atoms with E-state index in [1.807, 2.05) is 0 Å². The fourth-order valence-corrected chi connectivity index (χ4v) is 9.32. The van der Waals surface area contributed by atoms with Crippen molar-refractivity contribution >= 4 is 17.9 Å². The summed E-state index contributed by atoms with van der Waals surface area (Å²) in [4.78, 5) is 38.2. The Morgan fingerprint density at radius 1 is 0.299 bits per heavy atom. The summed E-state index contributed by atoms with van der Waals surface area (Å²) in [7, 11) is 0. The molecule has 0 heterocycles. The average Bonchev–Trinajstić information content (AvgIpc) is 3.30. The Balaban J connectivity index is 4.29. The Morgan fingerprint density at radius 2 is 0.522 bits per heavy atom. The van der Waals surface area contributed by atoms with E-state index in [2.05, 4.69) is 41.5 Å². The van der Waals surface area contributed by atoms with Crippen LogP contribution in [0.15, 0.2) is 0 Å². The zero-order chi connectivity index (χ0) is 49.1. The SMILES string of the molecule is CCC(C)CCCCCCCCCCCCC(=O)O[C@@H](COC(=O)CCCCCCCCCCCCCCCCCC(C)C)COC(=O)CCCCCCCCCCCCCCCCC(C)C. The monoisotopic (exact) mass is 947 g/mol. The zero-order valence-electron chi connectivity index (χ0n) is 46.2. The molecule has 1 unspecified atom stereocenters. The van der Waals surface area contributed by atoms with Gasteiger partial charge in [0.1, 0.15) is 13.2 Å². The van der Waals surface area contributed by atoms with Gasteiger partial charge in [-0.1, -0.05) is 298 Å². The second-order valence-corrected chi connectivity index (χ2v) is 22.2. The Kier molecular flexibility index (Phi) is 51.0. The molecule has 0 saturated carbocycles. The van der Waals surface area contributed by atoms with Crippen LogP contribution in [0.4, 0.5) is 0 Å². The van der Waals surface area contributed by atoms with Crippen LogP contribution in [0.3, 0.4) is 0 Å². The minimum absolute atomic E-state index is 0.0633. The van der Waals surface area contributed by atoms with Crippen molar-refractivity contribution in [2.24, 2.45) is 17.8 Å². The first kappa shape index (κ1) is 65.4. The van der Waals surface area contributed by atoms with Crippen molar-refractivity contribution in [1.29, 1.82) is 0 Å². The normalized spacial score (nSPS) is 12.5. The van der Waals surface area contributed by atoms with Gasteiger partial charge in [-0.2, -0.15) is 0 Å². The molecule has 2 atom stereocenters. The van der Waals surface area contributed by atoms with Gasteiger partial charge in [-0.15, -0.1) is 0 Å². The number of carbonyl (C=O) groups is 3. The first-order valence-electron chi connectivity index (χ1n) is 30.1. The van der Waals surface area contributed by atoms with Crippen LogP contribution in [0.25, 0.3) is 0 Å². The molecule has 6 heteroatoms. The lowest BCUT2D eigenvalue weighted by atomic mass is 9.99. The molecule has 0 bridgehead atoms. The summed E-state index contributed by atoms with van der Waals surface area (Å²) in [6, 6.07) is 0. The highest BCUT2D eigenvalue weighted by Crippen LogP contribution is 2.19. The third-order valence-corrected chi connectivity index (χ3v) is 14.3. The van der Waals surface area contributed by atoms with Crippen molar-refractivity contribution in [2.75, 3.05) is 13.2 Å². The molecule has 0 saturated heterocycles. The van der Waals surface area contributed by atoms with Gasteiger partial charge in [-0.05, 0) is 37.0 Å². The van der Waals surface area contributed by atoms with E-state index in [9.17, 15) is 14.4 Å². The van der Waals surface area contributed by atoms with E-state index < -0.39 is 6.10 Å². The van der Waals surface area contributed by atoms with Crippen molar-refractivity contribution in [3.63, 3.8) is 0 Å². The van der Waals surface area contributed by atoms with Crippen molar-refractivity contribution in [3.8, 4) is 0 Å². The van der Waals surface area contributed by atoms with Crippen LogP contribution in [-0.4, -0.2) is 37.2 Å². The topological polar surface area (TPSA) is 78.9 Å². The van der Waals surface area contributed by atoms with Gasteiger partial charge in [0.25, 0.3) is 0 Å². The van der Waals surface area contributed by atoms with E-state index in [0.29, 0.717) is 19.3 Å². The summed E-state index contributed by atoms with van der Waals surface area (Å²) < 4.78 is 16.9. The molecule has 0 aromatic heterocycles. The fourth-order valence-electron chi connectivity index (χ4n) is 9.32. The van der Waals surface area contributed by atoms with Gasteiger partial charge in [0.05, 0.1) is 0 Å². The predicted molar refractivity (Wildman–Crippen MR) is 289 cm³/mol. The standard InChI is InChI=1S/C61H118O6/c1-7-57(6)49-43-37-31-25-21-22-28-34-40-46-52-61(64)67-58(54-66-60(63)51-45-39-33-27-20-16-12-11-14-18-24-30-36-42-48-56(4)5)53-65-59(62)50-44-38-32-26-19-15-10-8-9-13-17-23-29-35-41-47-55(2)3/h55-58H,7-54H2,1-6H3/t57?,58-/m0/s1. The minimum Gasteiger partial charge on any atom is -0.462 e. The number of ether oxygens (including phenoxy) is 3. The maximum absolute atomic E-state index is 12.9. The molecule has 0 aliphatic rings. The number of carbonyl (C=O) groups excluding carboxylic acids is 3. The molecule has 0 aromatic carbocycles. The fraction of sp³-hybridized carbons (Fsp3) is 0.951. The molecule has 0 fully saturated rings. The summed E-state index contributed by atoms with van der Waals surface area (Å²) in [5.41, 5.74) is 0. The molecule has 0 spiro atoms. The Labute approximate surface area is 418 Å². The molecule has 6 nitrogen and oxygen atoms in total. The maximum atomic E-state index is 12.9. The van der Waals surface area contributed by atoms with Crippen LogP contribution in [0.5, 0.6) is 0 Å². The predicted octanol–water partition coefficient (Wildman–Crippen LogP) is 19.9. The smallest absolute Gasteiger partial charge is 0.306 e. The second-order valence-electron chi connectivity index (χ2n) is 22.2. The molecule has 67 heavy (non-hydrogen) atoms. The maximum Gasteiger partial charge on any atom is 0.306 e. The summed E-state index contributed by atoms with van der Waals surface area (Å²) >= 11 is 0. The molecular weight excluding hydrogens is 829 g/mol. The van der Waals surface area contributed by atoms with Crippen LogP contribution >= 0.6 is 0 Å². The molecule has 0 amide bonds. The third-order valence-electron chi connectivity index (χ3n) is 14.3. The van der Waals surface area contributed by atoms with Crippen molar-refractivity contribution in [3.05, 3.63) is 0 Å². The van der Waals surface area contributed by atoms with Gasteiger partial charge in [0.15, 0.2) is 6.10 Å². The van der Waals surface area contributed by atoms with Crippen LogP contribution in [0, 0.1) is 17.8 Å². The summed E-state index contributed by atoms with van der Waals surface area (Å²) in [5.74, 6) is 1.72. The van der Waals surface area contributed by atoms with Crippen molar-refractivity contribution in [1.82, 2.24) is 0 Å². The largest absolute Gasteiger partial charge is 0.462 e. The highest BCUT2D eigenvalue weighted by atomic mass is 16.6. The van der Waals surface area contributed by atoms with Gasteiger partial charge in [0.2, 0.25) is 0 Å². The highest BCUT2D eigenvalue weighted by molar-refractivity contribution is 5.71. The lowest BCUT2D eigenvalue weighted by Crippen LogP contribution is -2.30. The first-order valence-corrected chi connectivity index (χ1v) is 30.1. The van der Waals surface area contributed by atoms with Crippen LogP contribution in [0.2, 0.25) is 0 Å². The highest BCUT2D eigenvalue weighted by Gasteiger charge is 2.19. The molecule has 0 radical (unpaired) electrons. The van der Waals surface area contributed by atoms with E-state index in [4.69, 9.17) is 14.2 Å². The number of hydrogen-bond donors (Lipinski definition) is 0. The summed E-state index contributed by atoms with van der Waals surface area (Å²) in [6.07, 6.45) is 55.2. The van der Waals surface area contributed by atoms with Gasteiger partial charge < -0.3 is 14.2 Å². The van der Waals surface area contributed by atoms with E-state index in [-0.39, 0.29) is 31.1 Å². The molecule has 0 N–H and O–H groups in total. The molecule has 398 valence electrons. The van der Waals surface area contributed by atoms with E-state index in [1.165, 1.54) is 218 Å². The van der Waals surface area contributed by atoms with Gasteiger partial charge in [-0.25, -0.2) is 0 Å². The quantitative estimate of drug-likeness (QED) is 0.0343. The van der Waals surface area contributed by atoms with Crippen molar-refractivity contribution < 1.29 is 28.6 Å². The van der Waals surface area contributed by atoms with Crippen LogP contribution < -0.4 is 0 Å². The molecule has 0 rings (SSSR count). The minimum atomic E-state index is -0.764. The lowest BCUT2D eigenvalue weighted by molar-refractivity contribution is -0.167. The molecule has 0 aromatic rings. The van der Waals surface area contributed by atoms with Gasteiger partial charge in [0, 0.05) is 19.3 Å². The van der Waals surface area contributed by atoms with Crippen LogP contribution in [-0.2, 0) is 28.6 Å². The Morgan fingerprint density at radius 3 is 0.776 bits per heavy atom. The number of rotatable bonds is 54. The number of hydrogen-bond acceptors (Lipinski definition) is 6. The van der Waals surface area contributed by atoms with Gasteiger partial charge in [-0.3, -0.25) is 14.4 Å². The molecule has 0 aliphatic carbocycles. The van der Waals surface area contributed by atoms with Crippen molar-refractivity contribution in [2.45, 2.75) is 343 Å². The second kappa shape index (κ2) is 52.2. The molecule has 0 aliphatic heterocycles. The van der Waals surface area contributed by atoms with Gasteiger partial charge >= 0.3 is 17.9 Å². The number of esters is 3. The zero-order valence-corrected chi connectivity index (χ0v) is 46.2. The average molecular weight is 948 g/mol. The van der Waals surface area contributed by atoms with Crippen LogP contribution in [0.1, 0.15) is 337 Å². The Hall–Kier alpha value is -1.59. The van der Waals surface area contributed by atoms with E-state index in [0.717, 1.165) is 75.5 Å². The summed E-state index contributed by atoms with van der Waals surface area (Å²) in [6.45, 7) is 13.8. The lowest BCUT2D eigenvalue weighted by Gasteiger charge is -2.18. The van der Waals surface area contributed by atoms with E-state index in [1.54, 1.807) is 0 Å². The Bertz CT molecular complexity index is 1040. The summed E-state index contributed by atoms with van der Waals surface area (Å²) in [5, 5.41) is 0. The number of unbranched alkanes of at least 4 members (excludes halogenated alkanes) is 36. The first-order chi connectivity index (χ1) is 32.6. The molecular formula is C61H118O6. The van der Waals surface area contributed by atoms with E-state index >= 15 is 0 Å². The third kappa shape index (κ3) is 53.6.